The number of ketones is 1. The number of hydrogen-bond donors (Lipinski definition) is 0. The molecule has 2 aromatic carbocycles. The van der Waals surface area contributed by atoms with Crippen LogP contribution in [-0.2, 0) is 4.79 Å². The summed E-state index contributed by atoms with van der Waals surface area (Å²) < 4.78 is 10.7. The summed E-state index contributed by atoms with van der Waals surface area (Å²) in [6.45, 7) is 4.62. The third kappa shape index (κ3) is 4.61. The zero-order valence-electron chi connectivity index (χ0n) is 17.7. The molecule has 0 aromatic heterocycles. The highest BCUT2D eigenvalue weighted by molar-refractivity contribution is 5.99. The van der Waals surface area contributed by atoms with E-state index < -0.39 is 0 Å². The molecule has 5 heteroatoms. The molecular weight excluding hydrogens is 366 g/mol. The molecule has 1 amide bonds. The van der Waals surface area contributed by atoms with Gasteiger partial charge in [0.2, 0.25) is 5.91 Å². The fraction of sp³-hybridized carbons (Fsp3) is 0.417. The number of aryl methyl sites for hydroxylation is 2. The van der Waals surface area contributed by atoms with Gasteiger partial charge in [0.25, 0.3) is 0 Å². The summed E-state index contributed by atoms with van der Waals surface area (Å²) in [5.41, 5.74) is 3.76. The van der Waals surface area contributed by atoms with E-state index >= 15 is 0 Å². The van der Waals surface area contributed by atoms with Crippen molar-refractivity contribution in [3.05, 3.63) is 58.7 Å². The number of carbonyl (C=O) groups is 2. The van der Waals surface area contributed by atoms with Crippen molar-refractivity contribution in [2.75, 3.05) is 20.8 Å². The van der Waals surface area contributed by atoms with E-state index in [0.717, 1.165) is 41.6 Å². The Bertz CT molecular complexity index is 906. The monoisotopic (exact) mass is 395 g/mol. The third-order valence-electron chi connectivity index (χ3n) is 5.62. The van der Waals surface area contributed by atoms with Crippen molar-refractivity contribution in [3.8, 4) is 11.5 Å². The number of nitrogens with zero attached hydrogens (tertiary/aromatic N) is 1. The number of amides is 1. The highest BCUT2D eigenvalue weighted by atomic mass is 16.5. The normalized spacial score (nSPS) is 16.0. The van der Waals surface area contributed by atoms with Crippen molar-refractivity contribution in [2.24, 2.45) is 0 Å². The molecule has 1 heterocycles. The van der Waals surface area contributed by atoms with Gasteiger partial charge in [-0.05, 0) is 56.0 Å². The molecule has 0 saturated carbocycles. The summed E-state index contributed by atoms with van der Waals surface area (Å²) in [5, 5.41) is 0. The Morgan fingerprint density at radius 2 is 1.76 bits per heavy atom. The second kappa shape index (κ2) is 9.12. The third-order valence-corrected chi connectivity index (χ3v) is 5.62. The van der Waals surface area contributed by atoms with Gasteiger partial charge in [-0.15, -0.1) is 0 Å². The molecule has 0 N–H and O–H groups in total. The first-order valence-corrected chi connectivity index (χ1v) is 10.1. The van der Waals surface area contributed by atoms with E-state index in [2.05, 4.69) is 0 Å². The van der Waals surface area contributed by atoms with Gasteiger partial charge in [-0.2, -0.15) is 0 Å². The average Bonchev–Trinajstić information content (AvgIpc) is 3.23. The van der Waals surface area contributed by atoms with Gasteiger partial charge in [0, 0.05) is 24.9 Å². The van der Waals surface area contributed by atoms with Crippen LogP contribution in [0.4, 0.5) is 0 Å². The molecule has 2 aromatic rings. The molecule has 0 radical (unpaired) electrons. The number of likely N-dealkylation sites (tertiary alicyclic amines) is 1. The number of benzene rings is 2. The molecule has 0 aliphatic carbocycles. The molecule has 1 fully saturated rings. The summed E-state index contributed by atoms with van der Waals surface area (Å²) in [6.07, 6.45) is 2.33. The van der Waals surface area contributed by atoms with Crippen molar-refractivity contribution in [3.63, 3.8) is 0 Å². The number of rotatable bonds is 7. The van der Waals surface area contributed by atoms with E-state index in [9.17, 15) is 9.59 Å². The minimum Gasteiger partial charge on any atom is -0.493 e. The molecule has 3 rings (SSSR count). The van der Waals surface area contributed by atoms with Gasteiger partial charge in [0.1, 0.15) is 0 Å². The number of Topliss-reactive ketones (excluding diaryl/α,β-unsaturated/α-hetero) is 1. The van der Waals surface area contributed by atoms with Crippen LogP contribution in [0.1, 0.15) is 58.8 Å². The molecule has 154 valence electrons. The van der Waals surface area contributed by atoms with Crippen LogP contribution in [-0.4, -0.2) is 37.4 Å². The fourth-order valence-electron chi connectivity index (χ4n) is 4.01. The van der Waals surface area contributed by atoms with Crippen LogP contribution in [0.5, 0.6) is 11.5 Å². The van der Waals surface area contributed by atoms with E-state index in [1.165, 1.54) is 0 Å². The molecule has 0 bridgehead atoms. The standard InChI is InChI=1S/C24H29NO4/c1-16-7-8-17(2)19(14-16)21(26)10-12-24(27)25-13-5-6-20(25)18-9-11-22(28-3)23(15-18)29-4/h7-9,11,14-15,20H,5-6,10,12-13H2,1-4H3/t20-/m0/s1. The maximum atomic E-state index is 12.9. The second-order valence-electron chi connectivity index (χ2n) is 7.60. The number of ether oxygens (including phenoxy) is 2. The number of carbonyl (C=O) groups excluding carboxylic acids is 2. The first kappa shape index (κ1) is 20.9. The van der Waals surface area contributed by atoms with E-state index in [0.29, 0.717) is 11.5 Å². The Labute approximate surface area is 172 Å². The SMILES string of the molecule is COc1ccc([C@@H]2CCCN2C(=O)CCC(=O)c2cc(C)ccc2C)cc1OC. The van der Waals surface area contributed by atoms with Crippen molar-refractivity contribution < 1.29 is 19.1 Å². The van der Waals surface area contributed by atoms with Gasteiger partial charge in [0.15, 0.2) is 17.3 Å². The molecule has 0 unspecified atom stereocenters. The predicted molar refractivity (Wildman–Crippen MR) is 113 cm³/mol. The molecule has 1 aliphatic rings. The summed E-state index contributed by atoms with van der Waals surface area (Å²) in [6, 6.07) is 11.7. The van der Waals surface area contributed by atoms with Crippen LogP contribution in [0.3, 0.4) is 0 Å². The summed E-state index contributed by atoms with van der Waals surface area (Å²) in [7, 11) is 3.22. The maximum Gasteiger partial charge on any atom is 0.223 e. The highest BCUT2D eigenvalue weighted by Crippen LogP contribution is 2.37. The van der Waals surface area contributed by atoms with Crippen LogP contribution >= 0.6 is 0 Å². The Morgan fingerprint density at radius 3 is 2.48 bits per heavy atom. The number of methoxy groups -OCH3 is 2. The first-order valence-electron chi connectivity index (χ1n) is 10.1. The van der Waals surface area contributed by atoms with Crippen molar-refractivity contribution in [1.29, 1.82) is 0 Å². The van der Waals surface area contributed by atoms with Gasteiger partial charge < -0.3 is 14.4 Å². The maximum absolute atomic E-state index is 12.9. The van der Waals surface area contributed by atoms with E-state index in [1.807, 2.05) is 55.1 Å². The van der Waals surface area contributed by atoms with Gasteiger partial charge in [-0.25, -0.2) is 0 Å². The Kier molecular flexibility index (Phi) is 6.57. The highest BCUT2D eigenvalue weighted by Gasteiger charge is 2.30. The molecule has 5 nitrogen and oxygen atoms in total. The lowest BCUT2D eigenvalue weighted by atomic mass is 9.99. The summed E-state index contributed by atoms with van der Waals surface area (Å²) >= 11 is 0. The predicted octanol–water partition coefficient (Wildman–Crippen LogP) is 4.65. The smallest absolute Gasteiger partial charge is 0.223 e. The zero-order chi connectivity index (χ0) is 21.0. The van der Waals surface area contributed by atoms with Gasteiger partial charge in [-0.3, -0.25) is 9.59 Å². The van der Waals surface area contributed by atoms with Gasteiger partial charge in [-0.1, -0.05) is 23.8 Å². The zero-order valence-corrected chi connectivity index (χ0v) is 17.7. The van der Waals surface area contributed by atoms with Crippen molar-refractivity contribution >= 4 is 11.7 Å². The Hall–Kier alpha value is -2.82. The fourth-order valence-corrected chi connectivity index (χ4v) is 4.01. The van der Waals surface area contributed by atoms with Gasteiger partial charge in [0.05, 0.1) is 20.3 Å². The van der Waals surface area contributed by atoms with Crippen molar-refractivity contribution in [1.82, 2.24) is 4.90 Å². The molecule has 1 saturated heterocycles. The van der Waals surface area contributed by atoms with Crippen LogP contribution in [0.25, 0.3) is 0 Å². The van der Waals surface area contributed by atoms with Gasteiger partial charge >= 0.3 is 0 Å². The minimum absolute atomic E-state index is 0.0121. The second-order valence-corrected chi connectivity index (χ2v) is 7.60. The molecule has 1 aliphatic heterocycles. The topological polar surface area (TPSA) is 55.8 Å². The van der Waals surface area contributed by atoms with E-state index in [-0.39, 0.29) is 30.6 Å². The quantitative estimate of drug-likeness (QED) is 0.641. The van der Waals surface area contributed by atoms with Crippen LogP contribution in [0.2, 0.25) is 0 Å². The minimum atomic E-state index is 0.0121. The number of hydrogen-bond acceptors (Lipinski definition) is 4. The average molecular weight is 395 g/mol. The molecule has 1 atom stereocenters. The molecule has 29 heavy (non-hydrogen) atoms. The Balaban J connectivity index is 1.69. The lowest BCUT2D eigenvalue weighted by Crippen LogP contribution is -2.30. The summed E-state index contributed by atoms with van der Waals surface area (Å²) in [5.74, 6) is 1.39. The lowest BCUT2D eigenvalue weighted by Gasteiger charge is -2.26. The van der Waals surface area contributed by atoms with Crippen LogP contribution in [0.15, 0.2) is 36.4 Å². The largest absolute Gasteiger partial charge is 0.493 e. The van der Waals surface area contributed by atoms with E-state index in [1.54, 1.807) is 14.2 Å². The lowest BCUT2D eigenvalue weighted by molar-refractivity contribution is -0.132. The van der Waals surface area contributed by atoms with Crippen molar-refractivity contribution in [2.45, 2.75) is 45.6 Å². The van der Waals surface area contributed by atoms with Crippen LogP contribution < -0.4 is 9.47 Å². The molecular formula is C24H29NO4. The first-order chi connectivity index (χ1) is 13.9. The molecule has 0 spiro atoms. The summed E-state index contributed by atoms with van der Waals surface area (Å²) in [4.78, 5) is 27.5. The van der Waals surface area contributed by atoms with E-state index in [4.69, 9.17) is 9.47 Å². The van der Waals surface area contributed by atoms with Crippen LogP contribution in [0, 0.1) is 13.8 Å². The Morgan fingerprint density at radius 1 is 1.00 bits per heavy atom.